The van der Waals surface area contributed by atoms with Crippen molar-refractivity contribution in [3.05, 3.63) is 65.2 Å². The van der Waals surface area contributed by atoms with E-state index in [0.717, 1.165) is 30.3 Å². The molecule has 2 aromatic carbocycles. The van der Waals surface area contributed by atoms with Crippen LogP contribution in [-0.2, 0) is 16.5 Å². The molecule has 0 spiro atoms. The van der Waals surface area contributed by atoms with Gasteiger partial charge >= 0.3 is 0 Å². The highest BCUT2D eigenvalue weighted by Crippen LogP contribution is 2.32. The van der Waals surface area contributed by atoms with Crippen LogP contribution in [0, 0.1) is 0 Å². The van der Waals surface area contributed by atoms with Crippen LogP contribution in [-0.4, -0.2) is 5.91 Å². The minimum absolute atomic E-state index is 0.0224. The third-order valence-electron chi connectivity index (χ3n) is 4.06. The van der Waals surface area contributed by atoms with Crippen molar-refractivity contribution in [2.24, 2.45) is 0 Å². The minimum Gasteiger partial charge on any atom is -0.326 e. The zero-order chi connectivity index (χ0) is 14.7. The van der Waals surface area contributed by atoms with Crippen LogP contribution in [0.25, 0.3) is 0 Å². The van der Waals surface area contributed by atoms with Crippen LogP contribution < -0.4 is 5.32 Å². The van der Waals surface area contributed by atoms with Gasteiger partial charge in [-0.05, 0) is 48.1 Å². The Kier molecular flexibility index (Phi) is 4.39. The Hall–Kier alpha value is -1.61. The Balaban J connectivity index is 1.76. The Morgan fingerprint density at radius 2 is 1.90 bits per heavy atom. The average Bonchev–Trinajstić information content (AvgIpc) is 2.55. The molecule has 1 N–H and O–H groups in total. The van der Waals surface area contributed by atoms with Gasteiger partial charge in [0.15, 0.2) is 0 Å². The lowest BCUT2D eigenvalue weighted by Gasteiger charge is -2.24. The molecule has 0 heterocycles. The topological polar surface area (TPSA) is 29.1 Å². The lowest BCUT2D eigenvalue weighted by Crippen LogP contribution is -2.24. The van der Waals surface area contributed by atoms with E-state index in [1.54, 1.807) is 0 Å². The van der Waals surface area contributed by atoms with Gasteiger partial charge in [0.05, 0.1) is 5.92 Å². The molecule has 3 heteroatoms. The fourth-order valence-electron chi connectivity index (χ4n) is 2.93. The van der Waals surface area contributed by atoms with Gasteiger partial charge in [-0.2, -0.15) is 0 Å². The summed E-state index contributed by atoms with van der Waals surface area (Å²) in [5, 5.41) is 3.88. The highest BCUT2D eigenvalue weighted by atomic mass is 79.9. The summed E-state index contributed by atoms with van der Waals surface area (Å²) in [5.74, 6) is 0.0829. The van der Waals surface area contributed by atoms with Crippen molar-refractivity contribution in [2.45, 2.75) is 30.5 Å². The molecule has 0 aromatic heterocycles. The number of carbonyl (C=O) groups excluding carboxylic acids is 1. The molecule has 1 aliphatic rings. The summed E-state index contributed by atoms with van der Waals surface area (Å²) in [7, 11) is 0. The van der Waals surface area contributed by atoms with Crippen molar-refractivity contribution in [1.29, 1.82) is 0 Å². The van der Waals surface area contributed by atoms with Crippen LogP contribution in [0.1, 0.15) is 35.4 Å². The standard InChI is InChI=1S/C18H18BrNO/c19-12-13-8-10-15(11-9-13)20-18(21)17-7-3-5-14-4-1-2-6-16(14)17/h1-2,4,6,8-11,17H,3,5,7,12H2,(H,20,21). The van der Waals surface area contributed by atoms with Crippen molar-refractivity contribution in [1.82, 2.24) is 0 Å². The smallest absolute Gasteiger partial charge is 0.231 e. The number of anilines is 1. The van der Waals surface area contributed by atoms with Crippen molar-refractivity contribution < 1.29 is 4.79 Å². The molecule has 1 amide bonds. The Labute approximate surface area is 133 Å². The van der Waals surface area contributed by atoms with Crippen LogP contribution >= 0.6 is 15.9 Å². The van der Waals surface area contributed by atoms with Crippen LogP contribution in [0.4, 0.5) is 5.69 Å². The molecule has 0 bridgehead atoms. The molecule has 0 saturated heterocycles. The second kappa shape index (κ2) is 6.44. The second-order valence-electron chi connectivity index (χ2n) is 5.46. The molecule has 2 nitrogen and oxygen atoms in total. The molecule has 1 unspecified atom stereocenters. The van der Waals surface area contributed by atoms with E-state index in [2.05, 4.69) is 39.4 Å². The van der Waals surface area contributed by atoms with Crippen LogP contribution in [0.5, 0.6) is 0 Å². The van der Waals surface area contributed by atoms with Crippen LogP contribution in [0.15, 0.2) is 48.5 Å². The highest BCUT2D eigenvalue weighted by Gasteiger charge is 2.26. The number of benzene rings is 2. The zero-order valence-electron chi connectivity index (χ0n) is 11.8. The number of hydrogen-bond acceptors (Lipinski definition) is 1. The van der Waals surface area contributed by atoms with E-state index in [1.807, 2.05) is 30.3 Å². The number of hydrogen-bond donors (Lipinski definition) is 1. The molecule has 3 rings (SSSR count). The van der Waals surface area contributed by atoms with Gasteiger partial charge in [0.2, 0.25) is 5.91 Å². The van der Waals surface area contributed by atoms with Crippen molar-refractivity contribution >= 4 is 27.5 Å². The third kappa shape index (κ3) is 3.18. The predicted octanol–water partition coefficient (Wildman–Crippen LogP) is 4.64. The van der Waals surface area contributed by atoms with Gasteiger partial charge < -0.3 is 5.32 Å². The van der Waals surface area contributed by atoms with Gasteiger partial charge in [-0.15, -0.1) is 0 Å². The molecule has 0 aliphatic heterocycles. The summed E-state index contributed by atoms with van der Waals surface area (Å²) in [5.41, 5.74) is 4.58. The van der Waals surface area contributed by atoms with Crippen molar-refractivity contribution in [2.75, 3.05) is 5.32 Å². The van der Waals surface area contributed by atoms with E-state index in [0.29, 0.717) is 0 Å². The van der Waals surface area contributed by atoms with Gasteiger partial charge in [-0.25, -0.2) is 0 Å². The van der Waals surface area contributed by atoms with Crippen LogP contribution in [0.2, 0.25) is 0 Å². The Bertz CT molecular complexity index is 636. The monoisotopic (exact) mass is 343 g/mol. The van der Waals surface area contributed by atoms with Gasteiger partial charge in [-0.3, -0.25) is 4.79 Å². The number of alkyl halides is 1. The maximum absolute atomic E-state index is 12.6. The fourth-order valence-corrected chi connectivity index (χ4v) is 3.31. The van der Waals surface area contributed by atoms with Gasteiger partial charge in [0.25, 0.3) is 0 Å². The van der Waals surface area contributed by atoms with Crippen LogP contribution in [0.3, 0.4) is 0 Å². The zero-order valence-corrected chi connectivity index (χ0v) is 13.4. The maximum Gasteiger partial charge on any atom is 0.231 e. The lowest BCUT2D eigenvalue weighted by molar-refractivity contribution is -0.117. The third-order valence-corrected chi connectivity index (χ3v) is 4.71. The first-order chi connectivity index (χ1) is 10.3. The van der Waals surface area contributed by atoms with Crippen molar-refractivity contribution in [3.63, 3.8) is 0 Å². The maximum atomic E-state index is 12.6. The summed E-state index contributed by atoms with van der Waals surface area (Å²) < 4.78 is 0. The Morgan fingerprint density at radius 3 is 2.67 bits per heavy atom. The summed E-state index contributed by atoms with van der Waals surface area (Å²) in [6.07, 6.45) is 3.10. The molecule has 1 aliphatic carbocycles. The summed E-state index contributed by atoms with van der Waals surface area (Å²) >= 11 is 3.43. The molecule has 0 fully saturated rings. The molecule has 108 valence electrons. The SMILES string of the molecule is O=C(Nc1ccc(CBr)cc1)C1CCCc2ccccc21. The van der Waals surface area contributed by atoms with E-state index in [-0.39, 0.29) is 11.8 Å². The predicted molar refractivity (Wildman–Crippen MR) is 89.8 cm³/mol. The molecular formula is C18H18BrNO. The van der Waals surface area contributed by atoms with Gasteiger partial charge in [-0.1, -0.05) is 52.3 Å². The molecule has 2 aromatic rings. The first-order valence-corrected chi connectivity index (χ1v) is 8.43. The highest BCUT2D eigenvalue weighted by molar-refractivity contribution is 9.08. The molecular weight excluding hydrogens is 326 g/mol. The van der Waals surface area contributed by atoms with E-state index >= 15 is 0 Å². The second-order valence-corrected chi connectivity index (χ2v) is 6.02. The summed E-state index contributed by atoms with van der Waals surface area (Å²) in [4.78, 5) is 12.6. The number of halogens is 1. The van der Waals surface area contributed by atoms with Gasteiger partial charge in [0, 0.05) is 11.0 Å². The number of carbonyl (C=O) groups is 1. The summed E-state index contributed by atoms with van der Waals surface area (Å²) in [6, 6.07) is 16.3. The van der Waals surface area contributed by atoms with Gasteiger partial charge in [0.1, 0.15) is 0 Å². The first kappa shape index (κ1) is 14.3. The number of aryl methyl sites for hydroxylation is 1. The average molecular weight is 344 g/mol. The lowest BCUT2D eigenvalue weighted by atomic mass is 9.82. The quantitative estimate of drug-likeness (QED) is 0.808. The number of amides is 1. The largest absolute Gasteiger partial charge is 0.326 e. The van der Waals surface area contributed by atoms with E-state index in [1.165, 1.54) is 16.7 Å². The van der Waals surface area contributed by atoms with E-state index < -0.39 is 0 Å². The normalized spacial score (nSPS) is 17.1. The number of nitrogens with one attached hydrogen (secondary N) is 1. The fraction of sp³-hybridized carbons (Fsp3) is 0.278. The molecule has 0 saturated carbocycles. The molecule has 1 atom stereocenters. The van der Waals surface area contributed by atoms with Crippen molar-refractivity contribution in [3.8, 4) is 0 Å². The number of rotatable bonds is 3. The Morgan fingerprint density at radius 1 is 1.14 bits per heavy atom. The number of fused-ring (bicyclic) bond motifs is 1. The first-order valence-electron chi connectivity index (χ1n) is 7.31. The molecule has 21 heavy (non-hydrogen) atoms. The minimum atomic E-state index is -0.0224. The van der Waals surface area contributed by atoms with E-state index in [4.69, 9.17) is 0 Å². The molecule has 0 radical (unpaired) electrons. The summed E-state index contributed by atoms with van der Waals surface area (Å²) in [6.45, 7) is 0. The van der Waals surface area contributed by atoms with E-state index in [9.17, 15) is 4.79 Å².